The van der Waals surface area contributed by atoms with E-state index < -0.39 is 0 Å². The molecule has 0 aromatic heterocycles. The van der Waals surface area contributed by atoms with E-state index in [4.69, 9.17) is 0 Å². The Labute approximate surface area is 211 Å². The first kappa shape index (κ1) is 21.7. The van der Waals surface area contributed by atoms with Gasteiger partial charge in [0.05, 0.1) is 10.5 Å². The number of fused-ring (bicyclic) bond motifs is 2. The van der Waals surface area contributed by atoms with E-state index in [1.54, 1.807) is 0 Å². The van der Waals surface area contributed by atoms with Crippen LogP contribution in [0.2, 0.25) is 0 Å². The molecule has 2 unspecified atom stereocenters. The third-order valence-corrected chi connectivity index (χ3v) is 8.26. The van der Waals surface area contributed by atoms with Crippen LogP contribution in [0, 0.1) is 0 Å². The molecule has 0 aliphatic rings. The maximum atomic E-state index is 2.36. The molecule has 35 heavy (non-hydrogen) atoms. The van der Waals surface area contributed by atoms with Gasteiger partial charge in [0.2, 0.25) is 0 Å². The quantitative estimate of drug-likeness (QED) is 0.235. The molecule has 2 atom stereocenters. The van der Waals surface area contributed by atoms with Crippen LogP contribution < -0.4 is 0 Å². The van der Waals surface area contributed by atoms with Crippen molar-refractivity contribution in [2.75, 3.05) is 0 Å². The number of thioether (sulfide) groups is 1. The maximum absolute atomic E-state index is 2.36. The van der Waals surface area contributed by atoms with Crippen LogP contribution in [0.1, 0.15) is 32.8 Å². The Hall–Kier alpha value is -3.81. The van der Waals surface area contributed by atoms with Crippen LogP contribution in [0.4, 0.5) is 0 Å². The lowest BCUT2D eigenvalue weighted by Gasteiger charge is -2.26. The third-order valence-electron chi connectivity index (χ3n) is 6.63. The van der Waals surface area contributed by atoms with Crippen molar-refractivity contribution >= 4 is 33.3 Å². The molecule has 0 radical (unpaired) electrons. The van der Waals surface area contributed by atoms with Gasteiger partial charge in [-0.25, -0.2) is 0 Å². The minimum Gasteiger partial charge on any atom is -0.136 e. The monoisotopic (exact) mass is 466 g/mol. The summed E-state index contributed by atoms with van der Waals surface area (Å²) in [5, 5.41) is 5.54. The van der Waals surface area contributed by atoms with Gasteiger partial charge in [0.1, 0.15) is 0 Å². The largest absolute Gasteiger partial charge is 0.136 e. The normalized spacial score (nSPS) is 13.0. The first-order chi connectivity index (χ1) is 17.3. The first-order valence-corrected chi connectivity index (χ1v) is 13.0. The SMILES string of the molecule is c1ccc(C(SC(c2ccccc2)c2ccc3ccccc3c2)c2ccc3ccccc3c2)cc1. The maximum Gasteiger partial charge on any atom is 0.0556 e. The molecule has 6 aromatic rings. The fourth-order valence-corrected chi connectivity index (χ4v) is 6.34. The van der Waals surface area contributed by atoms with E-state index in [0.29, 0.717) is 0 Å². The molecule has 168 valence electrons. The summed E-state index contributed by atoms with van der Waals surface area (Å²) >= 11 is 2.02. The molecule has 1 heteroatoms. The van der Waals surface area contributed by atoms with Gasteiger partial charge in [-0.15, -0.1) is 11.8 Å². The highest BCUT2D eigenvalue weighted by Crippen LogP contribution is 2.48. The van der Waals surface area contributed by atoms with Gasteiger partial charge in [-0.2, -0.15) is 0 Å². The topological polar surface area (TPSA) is 0 Å². The molecule has 0 N–H and O–H groups in total. The van der Waals surface area contributed by atoms with E-state index in [-0.39, 0.29) is 10.5 Å². The Morgan fingerprint density at radius 2 is 0.686 bits per heavy atom. The second-order valence-electron chi connectivity index (χ2n) is 8.93. The van der Waals surface area contributed by atoms with Crippen LogP contribution in [0.15, 0.2) is 146 Å². The molecule has 0 nitrogen and oxygen atoms in total. The van der Waals surface area contributed by atoms with Crippen LogP contribution in [-0.4, -0.2) is 0 Å². The van der Waals surface area contributed by atoms with Crippen LogP contribution in [0.25, 0.3) is 21.5 Å². The molecule has 0 saturated carbocycles. The van der Waals surface area contributed by atoms with Crippen LogP contribution >= 0.6 is 11.8 Å². The predicted octanol–water partition coefficient (Wildman–Crippen LogP) is 9.61. The van der Waals surface area contributed by atoms with Crippen molar-refractivity contribution in [3.05, 3.63) is 168 Å². The molecule has 0 fully saturated rings. The zero-order chi connectivity index (χ0) is 23.5. The van der Waals surface area contributed by atoms with Crippen LogP contribution in [0.5, 0.6) is 0 Å². The highest BCUT2D eigenvalue weighted by molar-refractivity contribution is 8.00. The average Bonchev–Trinajstić information content (AvgIpc) is 2.94. The lowest BCUT2D eigenvalue weighted by Crippen LogP contribution is -2.04. The second-order valence-corrected chi connectivity index (χ2v) is 10.1. The van der Waals surface area contributed by atoms with Crippen molar-refractivity contribution in [1.82, 2.24) is 0 Å². The molecular formula is C34H26S. The van der Waals surface area contributed by atoms with E-state index in [1.165, 1.54) is 43.8 Å². The number of hydrogen-bond donors (Lipinski definition) is 0. The Bertz CT molecular complexity index is 1450. The fraction of sp³-hybridized carbons (Fsp3) is 0.0588. The fourth-order valence-electron chi connectivity index (χ4n) is 4.83. The molecule has 6 rings (SSSR count). The van der Waals surface area contributed by atoms with Gasteiger partial charge < -0.3 is 0 Å². The summed E-state index contributed by atoms with van der Waals surface area (Å²) in [6.45, 7) is 0. The summed E-state index contributed by atoms with van der Waals surface area (Å²) in [7, 11) is 0. The Morgan fingerprint density at radius 1 is 0.314 bits per heavy atom. The van der Waals surface area contributed by atoms with Crippen molar-refractivity contribution in [2.24, 2.45) is 0 Å². The average molecular weight is 467 g/mol. The van der Waals surface area contributed by atoms with Crippen molar-refractivity contribution in [3.63, 3.8) is 0 Å². The van der Waals surface area contributed by atoms with Gasteiger partial charge in [0.15, 0.2) is 0 Å². The zero-order valence-electron chi connectivity index (χ0n) is 19.4. The van der Waals surface area contributed by atoms with Gasteiger partial charge in [-0.05, 0) is 55.9 Å². The summed E-state index contributed by atoms with van der Waals surface area (Å²) in [6, 6.07) is 52.9. The van der Waals surface area contributed by atoms with E-state index >= 15 is 0 Å². The second kappa shape index (κ2) is 9.82. The number of rotatable bonds is 6. The molecule has 0 aliphatic heterocycles. The predicted molar refractivity (Wildman–Crippen MR) is 152 cm³/mol. The summed E-state index contributed by atoms with van der Waals surface area (Å²) in [6.07, 6.45) is 0. The summed E-state index contributed by atoms with van der Waals surface area (Å²) in [5.74, 6) is 0. The third kappa shape index (κ3) is 4.60. The molecule has 0 saturated heterocycles. The Balaban J connectivity index is 1.48. The Kier molecular flexibility index (Phi) is 6.09. The molecule has 0 spiro atoms. The first-order valence-electron chi connectivity index (χ1n) is 12.1. The lowest BCUT2D eigenvalue weighted by atomic mass is 10.00. The highest BCUT2D eigenvalue weighted by Gasteiger charge is 2.24. The molecule has 0 bridgehead atoms. The Morgan fingerprint density at radius 3 is 1.11 bits per heavy atom. The van der Waals surface area contributed by atoms with E-state index in [9.17, 15) is 0 Å². The smallest absolute Gasteiger partial charge is 0.0556 e. The lowest BCUT2D eigenvalue weighted by molar-refractivity contribution is 1.10. The number of benzene rings is 6. The van der Waals surface area contributed by atoms with Gasteiger partial charge in [-0.3, -0.25) is 0 Å². The van der Waals surface area contributed by atoms with Crippen molar-refractivity contribution in [1.29, 1.82) is 0 Å². The molecule has 6 aromatic carbocycles. The molecule has 0 heterocycles. The van der Waals surface area contributed by atoms with E-state index in [0.717, 1.165) is 0 Å². The van der Waals surface area contributed by atoms with E-state index in [2.05, 4.69) is 146 Å². The standard InChI is InChI=1S/C34H26S/c1-3-13-27(14-4-1)33(31-21-19-25-11-7-9-17-29(25)23-31)35-34(28-15-5-2-6-16-28)32-22-20-26-12-8-10-18-30(26)24-32/h1-24,33-34H. The van der Waals surface area contributed by atoms with Crippen molar-refractivity contribution in [2.45, 2.75) is 10.5 Å². The zero-order valence-corrected chi connectivity index (χ0v) is 20.2. The van der Waals surface area contributed by atoms with Gasteiger partial charge >= 0.3 is 0 Å². The van der Waals surface area contributed by atoms with Gasteiger partial charge in [0, 0.05) is 0 Å². The van der Waals surface area contributed by atoms with Gasteiger partial charge in [0.25, 0.3) is 0 Å². The minimum atomic E-state index is 0.206. The highest BCUT2D eigenvalue weighted by atomic mass is 32.2. The van der Waals surface area contributed by atoms with Crippen molar-refractivity contribution in [3.8, 4) is 0 Å². The minimum absolute atomic E-state index is 0.206. The van der Waals surface area contributed by atoms with Crippen LogP contribution in [-0.2, 0) is 0 Å². The van der Waals surface area contributed by atoms with E-state index in [1.807, 2.05) is 11.8 Å². The van der Waals surface area contributed by atoms with Crippen molar-refractivity contribution < 1.29 is 0 Å². The van der Waals surface area contributed by atoms with Gasteiger partial charge in [-0.1, -0.05) is 133 Å². The van der Waals surface area contributed by atoms with Crippen LogP contribution in [0.3, 0.4) is 0 Å². The summed E-state index contributed by atoms with van der Waals surface area (Å²) < 4.78 is 0. The molecule has 0 amide bonds. The summed E-state index contributed by atoms with van der Waals surface area (Å²) in [4.78, 5) is 0. The molecular weight excluding hydrogens is 440 g/mol. The summed E-state index contributed by atoms with van der Waals surface area (Å²) in [5.41, 5.74) is 5.33. The number of hydrogen-bond acceptors (Lipinski definition) is 1. The molecule has 0 aliphatic carbocycles.